The highest BCUT2D eigenvalue weighted by atomic mass is 19.1. The fourth-order valence-corrected chi connectivity index (χ4v) is 3.53. The Morgan fingerprint density at radius 3 is 2.59 bits per heavy atom. The van der Waals surface area contributed by atoms with Crippen molar-refractivity contribution in [3.8, 4) is 11.5 Å². The highest BCUT2D eigenvalue weighted by Crippen LogP contribution is 2.36. The molecule has 0 aromatic heterocycles. The second kappa shape index (κ2) is 9.19. The quantitative estimate of drug-likeness (QED) is 0.797. The number of hydrogen-bond acceptors (Lipinski definition) is 5. The normalized spacial score (nSPS) is 19.1. The van der Waals surface area contributed by atoms with E-state index in [1.807, 2.05) is 0 Å². The van der Waals surface area contributed by atoms with Gasteiger partial charge in [0.2, 0.25) is 5.91 Å². The lowest BCUT2D eigenvalue weighted by Gasteiger charge is -2.41. The number of nitrogens with zero attached hydrogens (tertiary/aromatic N) is 1. The number of benzene rings is 2. The van der Waals surface area contributed by atoms with Gasteiger partial charge in [0.15, 0.2) is 11.5 Å². The molecule has 1 saturated heterocycles. The Morgan fingerprint density at radius 1 is 1.17 bits per heavy atom. The molecule has 1 amide bonds. The molecular formula is C21H23F2NO5. The number of amides is 1. The lowest BCUT2D eigenvalue weighted by Crippen LogP contribution is -2.50. The molecule has 0 bridgehead atoms. The van der Waals surface area contributed by atoms with Gasteiger partial charge in [-0.25, -0.2) is 8.78 Å². The zero-order chi connectivity index (χ0) is 21.0. The van der Waals surface area contributed by atoms with Crippen molar-refractivity contribution in [2.75, 3.05) is 34.0 Å². The molecule has 0 unspecified atom stereocenters. The van der Waals surface area contributed by atoms with Crippen LogP contribution in [0.5, 0.6) is 11.5 Å². The SMILES string of the molecule is COc1ccc([C@@H]2[C@@H](CO)OCCN2C(=O)Cc2ccc(F)cc2F)cc1OC. The van der Waals surface area contributed by atoms with Crippen LogP contribution in [-0.2, 0) is 16.0 Å². The van der Waals surface area contributed by atoms with E-state index >= 15 is 0 Å². The first-order valence-corrected chi connectivity index (χ1v) is 9.16. The Labute approximate surface area is 167 Å². The largest absolute Gasteiger partial charge is 0.493 e. The molecule has 8 heteroatoms. The molecular weight excluding hydrogens is 384 g/mol. The molecule has 0 spiro atoms. The third-order valence-electron chi connectivity index (χ3n) is 4.96. The van der Waals surface area contributed by atoms with E-state index in [2.05, 4.69) is 0 Å². The van der Waals surface area contributed by atoms with Gasteiger partial charge in [-0.2, -0.15) is 0 Å². The van der Waals surface area contributed by atoms with E-state index in [0.717, 1.165) is 12.1 Å². The molecule has 1 N–H and O–H groups in total. The number of morpholine rings is 1. The number of ether oxygens (including phenoxy) is 3. The van der Waals surface area contributed by atoms with Crippen molar-refractivity contribution >= 4 is 5.91 Å². The van der Waals surface area contributed by atoms with E-state index in [-0.39, 0.29) is 37.6 Å². The Morgan fingerprint density at radius 2 is 1.93 bits per heavy atom. The summed E-state index contributed by atoms with van der Waals surface area (Å²) in [6, 6.07) is 7.74. The third kappa shape index (κ3) is 4.49. The van der Waals surface area contributed by atoms with Crippen molar-refractivity contribution in [2.45, 2.75) is 18.6 Å². The Kier molecular flexibility index (Phi) is 6.66. The lowest BCUT2D eigenvalue weighted by atomic mass is 9.96. The molecule has 0 radical (unpaired) electrons. The van der Waals surface area contributed by atoms with Gasteiger partial charge < -0.3 is 24.2 Å². The Hall–Kier alpha value is -2.71. The topological polar surface area (TPSA) is 68.2 Å². The number of aliphatic hydroxyl groups is 1. The van der Waals surface area contributed by atoms with Crippen LogP contribution >= 0.6 is 0 Å². The minimum Gasteiger partial charge on any atom is -0.493 e. The van der Waals surface area contributed by atoms with Crippen molar-refractivity contribution < 1.29 is 32.9 Å². The van der Waals surface area contributed by atoms with Gasteiger partial charge in [-0.1, -0.05) is 12.1 Å². The van der Waals surface area contributed by atoms with E-state index in [1.165, 1.54) is 20.3 Å². The van der Waals surface area contributed by atoms with E-state index in [1.54, 1.807) is 23.1 Å². The average Bonchev–Trinajstić information content (AvgIpc) is 2.74. The van der Waals surface area contributed by atoms with Crippen molar-refractivity contribution in [1.82, 2.24) is 4.90 Å². The molecule has 1 aliphatic heterocycles. The zero-order valence-corrected chi connectivity index (χ0v) is 16.2. The first kappa shape index (κ1) is 21.0. The van der Waals surface area contributed by atoms with Gasteiger partial charge in [-0.05, 0) is 29.3 Å². The standard InChI is InChI=1S/C21H23F2NO5/c1-27-17-6-4-14(9-18(17)28-2)21-19(12-25)29-8-7-24(21)20(26)10-13-3-5-15(22)11-16(13)23/h3-6,9,11,19,21,25H,7-8,10,12H2,1-2H3/t19-,21-/m1/s1. The van der Waals surface area contributed by atoms with Crippen LogP contribution in [0.2, 0.25) is 0 Å². The monoisotopic (exact) mass is 407 g/mol. The predicted molar refractivity (Wildman–Crippen MR) is 101 cm³/mol. The van der Waals surface area contributed by atoms with Crippen LogP contribution in [-0.4, -0.2) is 56.0 Å². The molecule has 3 rings (SSSR count). The molecule has 2 aromatic rings. The fourth-order valence-electron chi connectivity index (χ4n) is 3.53. The van der Waals surface area contributed by atoms with Crippen molar-refractivity contribution in [1.29, 1.82) is 0 Å². The third-order valence-corrected chi connectivity index (χ3v) is 4.96. The molecule has 29 heavy (non-hydrogen) atoms. The molecule has 2 aromatic carbocycles. The second-order valence-corrected chi connectivity index (χ2v) is 6.65. The van der Waals surface area contributed by atoms with Crippen molar-refractivity contribution in [3.63, 3.8) is 0 Å². The number of methoxy groups -OCH3 is 2. The Balaban J connectivity index is 1.92. The summed E-state index contributed by atoms with van der Waals surface area (Å²) >= 11 is 0. The summed E-state index contributed by atoms with van der Waals surface area (Å²) in [5.41, 5.74) is 0.795. The van der Waals surface area contributed by atoms with Gasteiger partial charge in [0.1, 0.15) is 17.7 Å². The molecule has 0 saturated carbocycles. The number of hydrogen-bond donors (Lipinski definition) is 1. The Bertz CT molecular complexity index is 876. The molecule has 2 atom stereocenters. The van der Waals surface area contributed by atoms with Gasteiger partial charge in [0.05, 0.1) is 39.9 Å². The summed E-state index contributed by atoms with van der Waals surface area (Å²) in [5.74, 6) is -0.817. The maximum atomic E-state index is 14.0. The smallest absolute Gasteiger partial charge is 0.227 e. The number of carbonyl (C=O) groups is 1. The molecule has 1 heterocycles. The number of halogens is 2. The molecule has 1 aliphatic rings. The lowest BCUT2D eigenvalue weighted by molar-refractivity contribution is -0.149. The van der Waals surface area contributed by atoms with E-state index in [4.69, 9.17) is 14.2 Å². The van der Waals surface area contributed by atoms with Crippen LogP contribution in [0.3, 0.4) is 0 Å². The van der Waals surface area contributed by atoms with E-state index in [0.29, 0.717) is 17.1 Å². The van der Waals surface area contributed by atoms with Crippen LogP contribution in [0, 0.1) is 11.6 Å². The van der Waals surface area contributed by atoms with E-state index in [9.17, 15) is 18.7 Å². The van der Waals surface area contributed by atoms with Crippen LogP contribution in [0.4, 0.5) is 8.78 Å². The summed E-state index contributed by atoms with van der Waals surface area (Å²) < 4.78 is 43.4. The van der Waals surface area contributed by atoms with Gasteiger partial charge in [0.25, 0.3) is 0 Å². The summed E-state index contributed by atoms with van der Waals surface area (Å²) in [5, 5.41) is 9.79. The van der Waals surface area contributed by atoms with E-state index < -0.39 is 23.8 Å². The zero-order valence-electron chi connectivity index (χ0n) is 16.2. The minimum absolute atomic E-state index is 0.106. The molecule has 6 nitrogen and oxygen atoms in total. The van der Waals surface area contributed by atoms with Crippen LogP contribution in [0.1, 0.15) is 17.2 Å². The summed E-state index contributed by atoms with van der Waals surface area (Å²) in [6.45, 7) is 0.220. The highest BCUT2D eigenvalue weighted by molar-refractivity contribution is 5.79. The van der Waals surface area contributed by atoms with Crippen LogP contribution in [0.25, 0.3) is 0 Å². The van der Waals surface area contributed by atoms with Gasteiger partial charge >= 0.3 is 0 Å². The highest BCUT2D eigenvalue weighted by Gasteiger charge is 2.36. The first-order valence-electron chi connectivity index (χ1n) is 9.16. The van der Waals surface area contributed by atoms with Crippen molar-refractivity contribution in [2.24, 2.45) is 0 Å². The van der Waals surface area contributed by atoms with Crippen molar-refractivity contribution in [3.05, 3.63) is 59.2 Å². The first-order chi connectivity index (χ1) is 14.0. The van der Waals surface area contributed by atoms with Crippen LogP contribution in [0.15, 0.2) is 36.4 Å². The predicted octanol–water partition coefficient (Wildman–Crippen LogP) is 2.49. The minimum atomic E-state index is -0.770. The van der Waals surface area contributed by atoms with Gasteiger partial charge in [-0.3, -0.25) is 4.79 Å². The number of aliphatic hydroxyl groups excluding tert-OH is 1. The van der Waals surface area contributed by atoms with Gasteiger partial charge in [-0.15, -0.1) is 0 Å². The maximum absolute atomic E-state index is 14.0. The maximum Gasteiger partial charge on any atom is 0.227 e. The average molecular weight is 407 g/mol. The number of rotatable bonds is 6. The van der Waals surface area contributed by atoms with Gasteiger partial charge in [0, 0.05) is 12.6 Å². The number of carbonyl (C=O) groups excluding carboxylic acids is 1. The molecule has 0 aliphatic carbocycles. The molecule has 156 valence electrons. The second-order valence-electron chi connectivity index (χ2n) is 6.65. The summed E-state index contributed by atoms with van der Waals surface area (Å²) in [7, 11) is 3.02. The van der Waals surface area contributed by atoms with Crippen LogP contribution < -0.4 is 9.47 Å². The molecule has 1 fully saturated rings. The summed E-state index contributed by atoms with van der Waals surface area (Å²) in [6.07, 6.45) is -0.877. The fraction of sp³-hybridized carbons (Fsp3) is 0.381. The summed E-state index contributed by atoms with van der Waals surface area (Å²) in [4.78, 5) is 14.5.